The number of aryl methyl sites for hydroxylation is 1. The van der Waals surface area contributed by atoms with Crippen molar-refractivity contribution >= 4 is 29.9 Å². The molecular weight excluding hydrogens is 326 g/mol. The molecule has 1 aromatic carbocycles. The minimum atomic E-state index is -0.450. The first kappa shape index (κ1) is 18.7. The molecule has 2 atom stereocenters. The quantitative estimate of drug-likeness (QED) is 0.780. The lowest BCUT2D eigenvalue weighted by molar-refractivity contribution is -0.122. The SMILES string of the molecule is Cc1cc(NC(=O)C2CC3CCCC(C2)C3N)ccc1C(N)=O.Cl. The monoisotopic (exact) mass is 351 g/mol. The highest BCUT2D eigenvalue weighted by Crippen LogP contribution is 2.42. The van der Waals surface area contributed by atoms with Gasteiger partial charge in [-0.1, -0.05) is 6.42 Å². The zero-order chi connectivity index (χ0) is 16.6. The number of fused-ring (bicyclic) bond motifs is 2. The number of carbonyl (C=O) groups is 2. The van der Waals surface area contributed by atoms with Crippen molar-refractivity contribution in [1.29, 1.82) is 0 Å². The van der Waals surface area contributed by atoms with Gasteiger partial charge in [0.15, 0.2) is 0 Å². The fourth-order valence-corrected chi connectivity index (χ4v) is 4.27. The molecule has 1 aromatic rings. The summed E-state index contributed by atoms with van der Waals surface area (Å²) >= 11 is 0. The van der Waals surface area contributed by atoms with Gasteiger partial charge in [-0.2, -0.15) is 0 Å². The average molecular weight is 352 g/mol. The van der Waals surface area contributed by atoms with Gasteiger partial charge >= 0.3 is 0 Å². The molecule has 132 valence electrons. The molecule has 0 aliphatic heterocycles. The number of benzene rings is 1. The Balaban J connectivity index is 0.00000208. The summed E-state index contributed by atoms with van der Waals surface area (Å²) in [7, 11) is 0. The van der Waals surface area contributed by atoms with Crippen LogP contribution >= 0.6 is 12.4 Å². The Kier molecular flexibility index (Phi) is 5.88. The van der Waals surface area contributed by atoms with Crippen molar-refractivity contribution in [2.24, 2.45) is 29.2 Å². The summed E-state index contributed by atoms with van der Waals surface area (Å²) in [6.45, 7) is 1.82. The lowest BCUT2D eigenvalue weighted by atomic mass is 9.65. The first-order valence-corrected chi connectivity index (χ1v) is 8.42. The predicted octanol–water partition coefficient (Wildman–Crippen LogP) is 2.61. The van der Waals surface area contributed by atoms with Crippen LogP contribution in [0, 0.1) is 24.7 Å². The summed E-state index contributed by atoms with van der Waals surface area (Å²) in [4.78, 5) is 23.9. The molecule has 0 heterocycles. The van der Waals surface area contributed by atoms with Crippen LogP contribution in [0.2, 0.25) is 0 Å². The van der Waals surface area contributed by atoms with Crippen LogP contribution < -0.4 is 16.8 Å². The maximum Gasteiger partial charge on any atom is 0.248 e. The van der Waals surface area contributed by atoms with Crippen LogP contribution in [-0.4, -0.2) is 17.9 Å². The Morgan fingerprint density at radius 1 is 1.17 bits per heavy atom. The van der Waals surface area contributed by atoms with E-state index in [1.54, 1.807) is 18.2 Å². The third kappa shape index (κ3) is 3.73. The minimum Gasteiger partial charge on any atom is -0.366 e. The van der Waals surface area contributed by atoms with Gasteiger partial charge in [0, 0.05) is 23.2 Å². The average Bonchev–Trinajstić information content (AvgIpc) is 2.46. The Hall–Kier alpha value is -1.59. The van der Waals surface area contributed by atoms with E-state index in [4.69, 9.17) is 11.5 Å². The van der Waals surface area contributed by atoms with Gasteiger partial charge in [0.2, 0.25) is 11.8 Å². The highest BCUT2D eigenvalue weighted by Gasteiger charge is 2.40. The molecule has 5 nitrogen and oxygen atoms in total. The normalized spacial score (nSPS) is 28.6. The van der Waals surface area contributed by atoms with Crippen LogP contribution in [0.25, 0.3) is 0 Å². The number of halogens is 1. The number of anilines is 1. The second-order valence-corrected chi connectivity index (χ2v) is 7.08. The molecule has 0 spiro atoms. The summed E-state index contributed by atoms with van der Waals surface area (Å²) in [5, 5.41) is 2.99. The van der Waals surface area contributed by atoms with Crippen LogP contribution in [-0.2, 0) is 4.79 Å². The molecule has 2 bridgehead atoms. The smallest absolute Gasteiger partial charge is 0.248 e. The van der Waals surface area contributed by atoms with Gasteiger partial charge in [0.1, 0.15) is 0 Å². The second kappa shape index (κ2) is 7.53. The van der Waals surface area contributed by atoms with E-state index in [0.717, 1.165) is 36.9 Å². The summed E-state index contributed by atoms with van der Waals surface area (Å²) in [6.07, 6.45) is 5.32. The number of primary amides is 1. The molecule has 2 aliphatic carbocycles. The number of hydrogen-bond acceptors (Lipinski definition) is 3. The van der Waals surface area contributed by atoms with Crippen molar-refractivity contribution < 1.29 is 9.59 Å². The lowest BCUT2D eigenvalue weighted by Gasteiger charge is -2.43. The van der Waals surface area contributed by atoms with Crippen LogP contribution in [0.4, 0.5) is 5.69 Å². The largest absolute Gasteiger partial charge is 0.366 e. The molecule has 5 N–H and O–H groups in total. The molecule has 2 unspecified atom stereocenters. The third-order valence-electron chi connectivity index (χ3n) is 5.54. The Morgan fingerprint density at radius 2 is 1.79 bits per heavy atom. The molecule has 0 aromatic heterocycles. The van der Waals surface area contributed by atoms with Crippen molar-refractivity contribution in [1.82, 2.24) is 0 Å². The Morgan fingerprint density at radius 3 is 2.33 bits per heavy atom. The van der Waals surface area contributed by atoms with Crippen LogP contribution in [0.3, 0.4) is 0 Å². The fraction of sp³-hybridized carbons (Fsp3) is 0.556. The van der Waals surface area contributed by atoms with Crippen molar-refractivity contribution in [2.75, 3.05) is 5.32 Å². The van der Waals surface area contributed by atoms with Crippen LogP contribution in [0.5, 0.6) is 0 Å². The number of carbonyl (C=O) groups excluding carboxylic acids is 2. The summed E-state index contributed by atoms with van der Waals surface area (Å²) in [5.41, 5.74) is 13.6. The Bertz CT molecular complexity index is 621. The predicted molar refractivity (Wildman–Crippen MR) is 97.1 cm³/mol. The second-order valence-electron chi connectivity index (χ2n) is 7.08. The lowest BCUT2D eigenvalue weighted by Crippen LogP contribution is -2.48. The molecule has 0 radical (unpaired) electrons. The maximum atomic E-state index is 12.6. The van der Waals surface area contributed by atoms with Gasteiger partial charge in [-0.15, -0.1) is 12.4 Å². The zero-order valence-corrected chi connectivity index (χ0v) is 14.8. The van der Waals surface area contributed by atoms with E-state index in [9.17, 15) is 9.59 Å². The number of hydrogen-bond donors (Lipinski definition) is 3. The van der Waals surface area contributed by atoms with Gasteiger partial charge in [0.05, 0.1) is 0 Å². The van der Waals surface area contributed by atoms with E-state index in [1.807, 2.05) is 6.92 Å². The molecule has 6 heteroatoms. The number of amides is 2. The van der Waals surface area contributed by atoms with Gasteiger partial charge in [-0.05, 0) is 68.2 Å². The molecule has 2 aliphatic rings. The number of rotatable bonds is 3. The standard InChI is InChI=1S/C18H25N3O2.ClH/c1-10-7-14(5-6-15(10)17(20)22)21-18(23)13-8-11-3-2-4-12(9-13)16(11)19;/h5-7,11-13,16H,2-4,8-9,19H2,1H3,(H2,20,22)(H,21,23);1H. The van der Waals surface area contributed by atoms with Crippen LogP contribution in [0.15, 0.2) is 18.2 Å². The molecule has 0 saturated heterocycles. The summed E-state index contributed by atoms with van der Waals surface area (Å²) < 4.78 is 0. The summed E-state index contributed by atoms with van der Waals surface area (Å²) in [6, 6.07) is 5.47. The summed E-state index contributed by atoms with van der Waals surface area (Å²) in [5.74, 6) is 0.630. The van der Waals surface area contributed by atoms with Gasteiger partial charge in [0.25, 0.3) is 0 Å². The van der Waals surface area contributed by atoms with E-state index < -0.39 is 5.91 Å². The van der Waals surface area contributed by atoms with E-state index in [-0.39, 0.29) is 30.3 Å². The third-order valence-corrected chi connectivity index (χ3v) is 5.54. The molecule has 24 heavy (non-hydrogen) atoms. The van der Waals surface area contributed by atoms with E-state index >= 15 is 0 Å². The molecular formula is C18H26ClN3O2. The first-order chi connectivity index (χ1) is 11.0. The number of nitrogens with one attached hydrogen (secondary N) is 1. The molecule has 2 amide bonds. The van der Waals surface area contributed by atoms with Crippen LogP contribution in [0.1, 0.15) is 48.0 Å². The highest BCUT2D eigenvalue weighted by atomic mass is 35.5. The molecule has 2 saturated carbocycles. The molecule has 2 fully saturated rings. The van der Waals surface area contributed by atoms with Crippen molar-refractivity contribution in [3.05, 3.63) is 29.3 Å². The van der Waals surface area contributed by atoms with Crippen molar-refractivity contribution in [3.63, 3.8) is 0 Å². The topological polar surface area (TPSA) is 98.2 Å². The van der Waals surface area contributed by atoms with Gasteiger partial charge in [-0.25, -0.2) is 0 Å². The first-order valence-electron chi connectivity index (χ1n) is 8.42. The number of nitrogens with two attached hydrogens (primary N) is 2. The maximum absolute atomic E-state index is 12.6. The Labute approximate surface area is 149 Å². The van der Waals surface area contributed by atoms with Gasteiger partial charge in [-0.3, -0.25) is 9.59 Å². The molecule has 3 rings (SSSR count). The van der Waals surface area contributed by atoms with E-state index in [0.29, 0.717) is 17.4 Å². The van der Waals surface area contributed by atoms with Crippen molar-refractivity contribution in [2.45, 2.75) is 45.1 Å². The minimum absolute atomic E-state index is 0. The highest BCUT2D eigenvalue weighted by molar-refractivity contribution is 5.96. The van der Waals surface area contributed by atoms with E-state index in [1.165, 1.54) is 6.42 Å². The fourth-order valence-electron chi connectivity index (χ4n) is 4.27. The zero-order valence-electron chi connectivity index (χ0n) is 14.0. The van der Waals surface area contributed by atoms with Crippen molar-refractivity contribution in [3.8, 4) is 0 Å². The van der Waals surface area contributed by atoms with Gasteiger partial charge < -0.3 is 16.8 Å². The van der Waals surface area contributed by atoms with E-state index in [2.05, 4.69) is 5.32 Å².